The Morgan fingerprint density at radius 1 is 1.04 bits per heavy atom. The highest BCUT2D eigenvalue weighted by molar-refractivity contribution is 7.92. The second kappa shape index (κ2) is 7.50. The van der Waals surface area contributed by atoms with Crippen molar-refractivity contribution in [2.45, 2.75) is 13.8 Å². The molecule has 1 amide bonds. The molecule has 1 heterocycles. The van der Waals surface area contributed by atoms with Gasteiger partial charge < -0.3 is 0 Å². The van der Waals surface area contributed by atoms with Crippen LogP contribution in [0.4, 0.5) is 10.8 Å². The minimum absolute atomic E-state index is 0.202. The molecule has 27 heavy (non-hydrogen) atoms. The lowest BCUT2D eigenvalue weighted by Crippen LogP contribution is -2.12. The number of nitrogens with one attached hydrogen (secondary N) is 2. The quantitative estimate of drug-likeness (QED) is 0.675. The largest absolute Gasteiger partial charge is 0.298 e. The highest BCUT2D eigenvalue weighted by Crippen LogP contribution is 2.26. The van der Waals surface area contributed by atoms with Crippen LogP contribution in [0.3, 0.4) is 0 Å². The molecular formula is C19H19N3O3S2. The van der Waals surface area contributed by atoms with Crippen LogP contribution in [0, 0.1) is 13.8 Å². The zero-order valence-corrected chi connectivity index (χ0v) is 16.7. The van der Waals surface area contributed by atoms with E-state index in [1.165, 1.54) is 11.3 Å². The Morgan fingerprint density at radius 3 is 2.37 bits per heavy atom. The Bertz CT molecular complexity index is 1090. The third-order valence-electron chi connectivity index (χ3n) is 3.98. The molecular weight excluding hydrogens is 382 g/mol. The Morgan fingerprint density at radius 2 is 1.74 bits per heavy atom. The van der Waals surface area contributed by atoms with E-state index in [1.54, 1.807) is 30.3 Å². The lowest BCUT2D eigenvalue weighted by atomic mass is 10.1. The van der Waals surface area contributed by atoms with Crippen molar-refractivity contribution < 1.29 is 13.2 Å². The van der Waals surface area contributed by atoms with E-state index in [4.69, 9.17) is 0 Å². The van der Waals surface area contributed by atoms with E-state index in [1.807, 2.05) is 31.4 Å². The monoisotopic (exact) mass is 401 g/mol. The average molecular weight is 402 g/mol. The number of aryl methyl sites for hydroxylation is 2. The van der Waals surface area contributed by atoms with Gasteiger partial charge in [0.2, 0.25) is 10.0 Å². The zero-order chi connectivity index (χ0) is 19.6. The second-order valence-electron chi connectivity index (χ2n) is 6.24. The van der Waals surface area contributed by atoms with E-state index in [0.717, 1.165) is 22.9 Å². The molecule has 8 heteroatoms. The van der Waals surface area contributed by atoms with Gasteiger partial charge in [0.15, 0.2) is 5.13 Å². The number of amides is 1. The number of carbonyl (C=O) groups excluding carboxylic acids is 1. The topological polar surface area (TPSA) is 88.2 Å². The van der Waals surface area contributed by atoms with Gasteiger partial charge in [-0.1, -0.05) is 18.2 Å². The summed E-state index contributed by atoms with van der Waals surface area (Å²) < 4.78 is 24.9. The van der Waals surface area contributed by atoms with Crippen LogP contribution in [0.5, 0.6) is 0 Å². The van der Waals surface area contributed by atoms with Crippen molar-refractivity contribution in [1.29, 1.82) is 0 Å². The lowest BCUT2D eigenvalue weighted by Gasteiger charge is -2.05. The highest BCUT2D eigenvalue weighted by atomic mass is 32.2. The number of rotatable bonds is 5. The third-order valence-corrected chi connectivity index (χ3v) is 5.34. The highest BCUT2D eigenvalue weighted by Gasteiger charge is 2.11. The first kappa shape index (κ1) is 19.1. The van der Waals surface area contributed by atoms with Crippen molar-refractivity contribution >= 4 is 38.1 Å². The first-order valence-electron chi connectivity index (χ1n) is 8.13. The van der Waals surface area contributed by atoms with E-state index in [-0.39, 0.29) is 5.91 Å². The van der Waals surface area contributed by atoms with Crippen LogP contribution in [0.2, 0.25) is 0 Å². The van der Waals surface area contributed by atoms with Gasteiger partial charge >= 0.3 is 0 Å². The maximum absolute atomic E-state index is 12.4. The fourth-order valence-electron chi connectivity index (χ4n) is 2.44. The minimum Gasteiger partial charge on any atom is -0.298 e. The third kappa shape index (κ3) is 4.93. The molecule has 0 aliphatic rings. The number of sulfonamides is 1. The van der Waals surface area contributed by atoms with Crippen molar-refractivity contribution in [1.82, 2.24) is 4.98 Å². The minimum atomic E-state index is -3.31. The van der Waals surface area contributed by atoms with E-state index >= 15 is 0 Å². The molecule has 140 valence electrons. The fourth-order valence-corrected chi connectivity index (χ4v) is 3.72. The molecule has 0 radical (unpaired) electrons. The lowest BCUT2D eigenvalue weighted by molar-refractivity contribution is 0.102. The fraction of sp³-hybridized carbons (Fsp3) is 0.158. The predicted molar refractivity (Wildman–Crippen MR) is 110 cm³/mol. The molecule has 0 bridgehead atoms. The first-order valence-corrected chi connectivity index (χ1v) is 10.9. The smallest absolute Gasteiger partial charge is 0.257 e. The van der Waals surface area contributed by atoms with Gasteiger partial charge in [-0.05, 0) is 49.2 Å². The zero-order valence-electron chi connectivity index (χ0n) is 15.1. The molecule has 0 atom stereocenters. The van der Waals surface area contributed by atoms with E-state index < -0.39 is 10.0 Å². The second-order valence-corrected chi connectivity index (χ2v) is 8.85. The van der Waals surface area contributed by atoms with Crippen molar-refractivity contribution in [3.63, 3.8) is 0 Å². The molecule has 3 aromatic rings. The summed E-state index contributed by atoms with van der Waals surface area (Å²) in [6.45, 7) is 3.97. The van der Waals surface area contributed by atoms with Gasteiger partial charge in [-0.15, -0.1) is 11.3 Å². The molecule has 0 unspecified atom stereocenters. The number of anilines is 2. The molecule has 6 nitrogen and oxygen atoms in total. The standard InChI is InChI=1S/C19H19N3O3S2/c1-12-4-5-15(10-13(12)2)18(23)21-19-20-17(11-26-19)14-6-8-16(9-7-14)22-27(3,24)25/h4-11,22H,1-3H3,(H,20,21,23). The van der Waals surface area contributed by atoms with Gasteiger partial charge in [0.05, 0.1) is 11.9 Å². The summed E-state index contributed by atoms with van der Waals surface area (Å²) in [5, 5.41) is 5.16. The summed E-state index contributed by atoms with van der Waals surface area (Å²) in [5.41, 5.74) is 4.81. The SMILES string of the molecule is Cc1ccc(C(=O)Nc2nc(-c3ccc(NS(C)(=O)=O)cc3)cs2)cc1C. The number of carbonyl (C=O) groups is 1. The maximum atomic E-state index is 12.4. The maximum Gasteiger partial charge on any atom is 0.257 e. The summed E-state index contributed by atoms with van der Waals surface area (Å²) >= 11 is 1.33. The van der Waals surface area contributed by atoms with E-state index in [2.05, 4.69) is 15.0 Å². The molecule has 0 aliphatic carbocycles. The number of benzene rings is 2. The molecule has 0 saturated heterocycles. The van der Waals surface area contributed by atoms with Gasteiger partial charge in [-0.2, -0.15) is 0 Å². The molecule has 2 aromatic carbocycles. The van der Waals surface area contributed by atoms with Crippen LogP contribution < -0.4 is 10.0 Å². The average Bonchev–Trinajstić information content (AvgIpc) is 3.05. The van der Waals surface area contributed by atoms with Crippen molar-refractivity contribution in [2.75, 3.05) is 16.3 Å². The van der Waals surface area contributed by atoms with Crippen LogP contribution in [-0.4, -0.2) is 25.6 Å². The molecule has 1 aromatic heterocycles. The summed E-state index contributed by atoms with van der Waals surface area (Å²) in [5.74, 6) is -0.202. The Hall–Kier alpha value is -2.71. The van der Waals surface area contributed by atoms with Gasteiger partial charge in [0, 0.05) is 22.2 Å². The van der Waals surface area contributed by atoms with Crippen LogP contribution >= 0.6 is 11.3 Å². The number of aromatic nitrogens is 1. The Labute approximate surface area is 162 Å². The number of nitrogens with zero attached hydrogens (tertiary/aromatic N) is 1. The van der Waals surface area contributed by atoms with Gasteiger partial charge in [0.25, 0.3) is 5.91 Å². The molecule has 0 fully saturated rings. The molecule has 3 rings (SSSR count). The van der Waals surface area contributed by atoms with Crippen molar-refractivity contribution in [3.8, 4) is 11.3 Å². The molecule has 0 aliphatic heterocycles. The Balaban J connectivity index is 1.72. The van der Waals surface area contributed by atoms with Crippen molar-refractivity contribution in [2.24, 2.45) is 0 Å². The summed E-state index contributed by atoms with van der Waals surface area (Å²) in [6, 6.07) is 12.5. The summed E-state index contributed by atoms with van der Waals surface area (Å²) in [6.07, 6.45) is 1.10. The normalized spacial score (nSPS) is 11.2. The molecule has 0 spiro atoms. The first-order chi connectivity index (χ1) is 12.7. The summed E-state index contributed by atoms with van der Waals surface area (Å²) in [7, 11) is -3.31. The predicted octanol–water partition coefficient (Wildman–Crippen LogP) is 4.05. The number of hydrogen-bond donors (Lipinski definition) is 2. The van der Waals surface area contributed by atoms with Crippen molar-refractivity contribution in [3.05, 3.63) is 64.5 Å². The van der Waals surface area contributed by atoms with Crippen LogP contribution in [0.15, 0.2) is 47.8 Å². The van der Waals surface area contributed by atoms with Gasteiger partial charge in [0.1, 0.15) is 0 Å². The molecule has 2 N–H and O–H groups in total. The van der Waals surface area contributed by atoms with Crippen LogP contribution in [0.1, 0.15) is 21.5 Å². The van der Waals surface area contributed by atoms with Gasteiger partial charge in [-0.3, -0.25) is 14.8 Å². The van der Waals surface area contributed by atoms with Crippen LogP contribution in [-0.2, 0) is 10.0 Å². The van der Waals surface area contributed by atoms with Gasteiger partial charge in [-0.25, -0.2) is 13.4 Å². The molecule has 0 saturated carbocycles. The number of thiazole rings is 1. The summed E-state index contributed by atoms with van der Waals surface area (Å²) in [4.78, 5) is 16.8. The Kier molecular flexibility index (Phi) is 5.29. The van der Waals surface area contributed by atoms with E-state index in [0.29, 0.717) is 22.1 Å². The van der Waals surface area contributed by atoms with E-state index in [9.17, 15) is 13.2 Å². The van der Waals surface area contributed by atoms with Crippen LogP contribution in [0.25, 0.3) is 11.3 Å². The number of hydrogen-bond acceptors (Lipinski definition) is 5.